The van der Waals surface area contributed by atoms with Crippen molar-refractivity contribution < 1.29 is 13.7 Å². The quantitative estimate of drug-likeness (QED) is 0.630. The lowest BCUT2D eigenvalue weighted by molar-refractivity contribution is 0.0860. The fraction of sp³-hybridized carbons (Fsp3) is 0.562. The van der Waals surface area contributed by atoms with Crippen molar-refractivity contribution in [1.29, 1.82) is 0 Å². The second-order valence-electron chi connectivity index (χ2n) is 6.84. The zero-order valence-corrected chi connectivity index (χ0v) is 16.2. The summed E-state index contributed by atoms with van der Waals surface area (Å²) in [7, 11) is 0.547. The van der Waals surface area contributed by atoms with Gasteiger partial charge in [0.25, 0.3) is 5.91 Å². The zero-order valence-electron chi connectivity index (χ0n) is 14.1. The van der Waals surface area contributed by atoms with Crippen LogP contribution >= 0.6 is 9.47 Å². The van der Waals surface area contributed by atoms with Gasteiger partial charge in [0.2, 0.25) is 0 Å². The van der Waals surface area contributed by atoms with Gasteiger partial charge in [-0.05, 0) is 63.3 Å². The zero-order chi connectivity index (χ0) is 16.9. The van der Waals surface area contributed by atoms with E-state index in [1.54, 1.807) is 24.3 Å². The Labute approximate surface area is 141 Å². The van der Waals surface area contributed by atoms with Crippen molar-refractivity contribution in [2.24, 2.45) is 0 Å². The maximum atomic E-state index is 12.5. The molecule has 0 saturated carbocycles. The van der Waals surface area contributed by atoms with Crippen LogP contribution in [0.15, 0.2) is 24.3 Å². The van der Waals surface area contributed by atoms with E-state index in [1.807, 2.05) is 0 Å². The summed E-state index contributed by atoms with van der Waals surface area (Å²) in [5, 5.41) is 6.52. The van der Waals surface area contributed by atoms with E-state index in [-0.39, 0.29) is 18.1 Å². The Morgan fingerprint density at radius 2 is 2.00 bits per heavy atom. The first-order valence-electron chi connectivity index (χ1n) is 8.05. The van der Waals surface area contributed by atoms with Gasteiger partial charge in [-0.25, -0.2) is 0 Å². The van der Waals surface area contributed by atoms with E-state index in [9.17, 15) is 4.79 Å². The van der Waals surface area contributed by atoms with Gasteiger partial charge in [-0.1, -0.05) is 0 Å². The Morgan fingerprint density at radius 3 is 2.61 bits per heavy atom. The maximum absolute atomic E-state index is 12.5. The van der Waals surface area contributed by atoms with Crippen LogP contribution in [0.1, 0.15) is 23.2 Å². The summed E-state index contributed by atoms with van der Waals surface area (Å²) in [5.41, 5.74) is 0.631. The molecule has 1 heterocycles. The molecular formula is C16H27N2O3PSi. The average Bonchev–Trinajstić information content (AvgIpc) is 2.71. The highest BCUT2D eigenvalue weighted by molar-refractivity contribution is 7.10. The lowest BCUT2D eigenvalue weighted by Gasteiger charge is -2.32. The Hall–Kier alpha value is -0.943. The van der Waals surface area contributed by atoms with Gasteiger partial charge in [0, 0.05) is 12.1 Å². The van der Waals surface area contributed by atoms with E-state index in [1.165, 1.54) is 0 Å². The average molecular weight is 354 g/mol. The Kier molecular flexibility index (Phi) is 6.59. The molecule has 1 unspecified atom stereocenters. The summed E-state index contributed by atoms with van der Waals surface area (Å²) in [6.07, 6.45) is 2.12. The van der Waals surface area contributed by atoms with Crippen LogP contribution in [0.25, 0.3) is 0 Å². The number of rotatable bonds is 5. The molecule has 1 aromatic rings. The highest BCUT2D eigenvalue weighted by Gasteiger charge is 2.30. The third-order valence-electron chi connectivity index (χ3n) is 3.73. The SMILES string of the molecule is C[Si](C)(C)O[C@@H]1CCCNC[C@@H]1NC(=O)c1ccc(OP)cc1. The minimum atomic E-state index is -1.65. The lowest BCUT2D eigenvalue weighted by atomic mass is 10.1. The van der Waals surface area contributed by atoms with E-state index in [0.29, 0.717) is 11.3 Å². The number of carbonyl (C=O) groups is 1. The van der Waals surface area contributed by atoms with Crippen LogP contribution in [0.4, 0.5) is 0 Å². The van der Waals surface area contributed by atoms with Crippen molar-refractivity contribution in [2.75, 3.05) is 13.1 Å². The standard InChI is InChI=1S/C16H27N2O3PSi/c1-23(2,3)21-15-5-4-10-17-11-14(15)18-16(19)12-6-8-13(20-22)9-7-12/h6-9,14-15,17H,4-5,10-11,22H2,1-3H3,(H,18,19)/t14-,15+/m0/s1. The van der Waals surface area contributed by atoms with Crippen LogP contribution in [-0.2, 0) is 4.43 Å². The fourth-order valence-corrected chi connectivity index (χ4v) is 4.04. The molecule has 1 fully saturated rings. The largest absolute Gasteiger partial charge is 0.480 e. The summed E-state index contributed by atoms with van der Waals surface area (Å²) in [4.78, 5) is 12.5. The number of carbonyl (C=O) groups excluding carboxylic acids is 1. The van der Waals surface area contributed by atoms with Crippen LogP contribution in [0.5, 0.6) is 5.75 Å². The fourth-order valence-electron chi connectivity index (χ4n) is 2.69. The second-order valence-corrected chi connectivity index (χ2v) is 11.5. The molecule has 1 saturated heterocycles. The summed E-state index contributed by atoms with van der Waals surface area (Å²) in [6.45, 7) is 8.27. The molecule has 2 N–H and O–H groups in total. The lowest BCUT2D eigenvalue weighted by Crippen LogP contribution is -2.51. The highest BCUT2D eigenvalue weighted by atomic mass is 31.0. The number of benzene rings is 1. The Bertz CT molecular complexity index is 519. The van der Waals surface area contributed by atoms with Crippen LogP contribution in [0, 0.1) is 0 Å². The van der Waals surface area contributed by atoms with Crippen molar-refractivity contribution in [3.05, 3.63) is 29.8 Å². The van der Waals surface area contributed by atoms with Crippen molar-refractivity contribution >= 4 is 23.7 Å². The monoisotopic (exact) mass is 354 g/mol. The van der Waals surface area contributed by atoms with Gasteiger partial charge in [0.15, 0.2) is 8.32 Å². The molecule has 1 aromatic carbocycles. The predicted octanol–water partition coefficient (Wildman–Crippen LogP) is 2.56. The highest BCUT2D eigenvalue weighted by Crippen LogP contribution is 2.18. The summed E-state index contributed by atoms with van der Waals surface area (Å²) in [6, 6.07) is 7.10. The molecule has 1 aliphatic heterocycles. The van der Waals surface area contributed by atoms with E-state index >= 15 is 0 Å². The van der Waals surface area contributed by atoms with Gasteiger partial charge in [-0.15, -0.1) is 0 Å². The van der Waals surface area contributed by atoms with E-state index in [4.69, 9.17) is 8.95 Å². The van der Waals surface area contributed by atoms with Crippen molar-refractivity contribution in [2.45, 2.75) is 44.6 Å². The minimum absolute atomic E-state index is 0.00520. The molecule has 0 spiro atoms. The van der Waals surface area contributed by atoms with Gasteiger partial charge < -0.3 is 19.6 Å². The second kappa shape index (κ2) is 8.24. The molecule has 3 atom stereocenters. The van der Waals surface area contributed by atoms with Gasteiger partial charge >= 0.3 is 0 Å². The van der Waals surface area contributed by atoms with Gasteiger partial charge in [0.1, 0.15) is 5.75 Å². The number of amides is 1. The summed E-state index contributed by atoms with van der Waals surface area (Å²) >= 11 is 0. The van der Waals surface area contributed by atoms with E-state index in [2.05, 4.69) is 39.7 Å². The minimum Gasteiger partial charge on any atom is -0.480 e. The number of hydrogen-bond acceptors (Lipinski definition) is 4. The van der Waals surface area contributed by atoms with Gasteiger partial charge in [0.05, 0.1) is 21.6 Å². The molecule has 128 valence electrons. The molecule has 23 heavy (non-hydrogen) atoms. The third kappa shape index (κ3) is 5.88. The van der Waals surface area contributed by atoms with Crippen LogP contribution in [0.3, 0.4) is 0 Å². The molecule has 0 aromatic heterocycles. The first-order valence-corrected chi connectivity index (χ1v) is 11.9. The van der Waals surface area contributed by atoms with E-state index in [0.717, 1.165) is 25.9 Å². The maximum Gasteiger partial charge on any atom is 0.251 e. The van der Waals surface area contributed by atoms with Crippen molar-refractivity contribution in [3.8, 4) is 5.75 Å². The molecule has 7 heteroatoms. The molecule has 1 amide bonds. The van der Waals surface area contributed by atoms with Crippen molar-refractivity contribution in [1.82, 2.24) is 10.6 Å². The predicted molar refractivity (Wildman–Crippen MR) is 98.4 cm³/mol. The van der Waals surface area contributed by atoms with Crippen LogP contribution in [0.2, 0.25) is 19.6 Å². The molecule has 0 bridgehead atoms. The molecular weight excluding hydrogens is 327 g/mol. The molecule has 5 nitrogen and oxygen atoms in total. The molecule has 1 aliphatic rings. The first-order chi connectivity index (χ1) is 10.9. The molecule has 0 radical (unpaired) electrons. The molecule has 2 rings (SSSR count). The van der Waals surface area contributed by atoms with E-state index < -0.39 is 8.32 Å². The topological polar surface area (TPSA) is 59.6 Å². The summed E-state index contributed by atoms with van der Waals surface area (Å²) in [5.74, 6) is 0.640. The number of hydrogen-bond donors (Lipinski definition) is 2. The number of nitrogens with one attached hydrogen (secondary N) is 2. The van der Waals surface area contributed by atoms with Gasteiger partial charge in [-0.3, -0.25) is 4.79 Å². The van der Waals surface area contributed by atoms with Crippen molar-refractivity contribution in [3.63, 3.8) is 0 Å². The third-order valence-corrected chi connectivity index (χ3v) is 5.01. The summed E-state index contributed by atoms with van der Waals surface area (Å²) < 4.78 is 11.4. The smallest absolute Gasteiger partial charge is 0.251 e. The van der Waals surface area contributed by atoms with Gasteiger partial charge in [-0.2, -0.15) is 0 Å². The Morgan fingerprint density at radius 1 is 1.30 bits per heavy atom. The van der Waals surface area contributed by atoms with Crippen LogP contribution in [-0.4, -0.2) is 39.5 Å². The molecule has 0 aliphatic carbocycles. The first kappa shape index (κ1) is 18.4. The van der Waals surface area contributed by atoms with Crippen LogP contribution < -0.4 is 15.2 Å². The Balaban J connectivity index is 2.05. The normalized spacial score (nSPS) is 22.3.